The van der Waals surface area contributed by atoms with Crippen LogP contribution < -0.4 is 0 Å². The van der Waals surface area contributed by atoms with E-state index in [2.05, 4.69) is 10.00 Å². The van der Waals surface area contributed by atoms with Crippen molar-refractivity contribution >= 4 is 17.5 Å². The van der Waals surface area contributed by atoms with E-state index in [1.54, 1.807) is 6.20 Å². The molecular formula is C16H25ClN4O3. The van der Waals surface area contributed by atoms with Gasteiger partial charge in [-0.25, -0.2) is 0 Å². The molecule has 2 aliphatic rings. The summed E-state index contributed by atoms with van der Waals surface area (Å²) in [4.78, 5) is 16.2. The average molecular weight is 357 g/mol. The summed E-state index contributed by atoms with van der Waals surface area (Å²) in [6, 6.07) is 0. The Balaban J connectivity index is 1.56. The summed E-state index contributed by atoms with van der Waals surface area (Å²) in [6.07, 6.45) is 4.85. The van der Waals surface area contributed by atoms with Gasteiger partial charge < -0.3 is 19.6 Å². The SMILES string of the molecule is COCC(=O)N1CC[C@]2(O)CCN(CCn3cc(Cl)cn3)C[C@@H]2C1. The number of methoxy groups -OCH3 is 1. The van der Waals surface area contributed by atoms with E-state index in [1.165, 1.54) is 7.11 Å². The Bertz CT molecular complexity index is 581. The normalized spacial score (nSPS) is 28.0. The topological polar surface area (TPSA) is 70.8 Å². The van der Waals surface area contributed by atoms with E-state index in [1.807, 2.05) is 15.8 Å². The minimum absolute atomic E-state index is 0.00264. The van der Waals surface area contributed by atoms with Crippen molar-refractivity contribution < 1.29 is 14.6 Å². The summed E-state index contributed by atoms with van der Waals surface area (Å²) in [7, 11) is 1.53. The van der Waals surface area contributed by atoms with E-state index in [4.69, 9.17) is 16.3 Å². The van der Waals surface area contributed by atoms with Gasteiger partial charge in [-0.2, -0.15) is 5.10 Å². The first-order valence-electron chi connectivity index (χ1n) is 8.39. The molecule has 0 aliphatic carbocycles. The van der Waals surface area contributed by atoms with Crippen LogP contribution >= 0.6 is 11.6 Å². The summed E-state index contributed by atoms with van der Waals surface area (Å²) < 4.78 is 6.78. The molecule has 1 N–H and O–H groups in total. The average Bonchev–Trinajstić information content (AvgIpc) is 2.98. The Kier molecular flexibility index (Phi) is 5.44. The number of hydrogen-bond donors (Lipinski definition) is 1. The molecule has 3 heterocycles. The van der Waals surface area contributed by atoms with Crippen LogP contribution in [-0.2, 0) is 16.1 Å². The van der Waals surface area contributed by atoms with Crippen molar-refractivity contribution in [1.82, 2.24) is 19.6 Å². The zero-order valence-corrected chi connectivity index (χ0v) is 14.8. The lowest BCUT2D eigenvalue weighted by Gasteiger charge is -2.50. The van der Waals surface area contributed by atoms with E-state index in [-0.39, 0.29) is 18.4 Å². The molecule has 0 spiro atoms. The first kappa shape index (κ1) is 17.7. The maximum Gasteiger partial charge on any atom is 0.248 e. The molecule has 7 nitrogen and oxygen atoms in total. The van der Waals surface area contributed by atoms with Crippen LogP contribution in [0.3, 0.4) is 0 Å². The van der Waals surface area contributed by atoms with Crippen molar-refractivity contribution in [3.8, 4) is 0 Å². The number of halogens is 1. The summed E-state index contributed by atoms with van der Waals surface area (Å²) in [5.74, 6) is 0.0878. The highest BCUT2D eigenvalue weighted by Crippen LogP contribution is 2.35. The smallest absolute Gasteiger partial charge is 0.248 e. The molecule has 134 valence electrons. The molecule has 0 aromatic carbocycles. The van der Waals surface area contributed by atoms with Gasteiger partial charge in [0.25, 0.3) is 0 Å². The Labute approximate surface area is 147 Å². The van der Waals surface area contributed by atoms with Gasteiger partial charge >= 0.3 is 0 Å². The number of ether oxygens (including phenoxy) is 1. The minimum Gasteiger partial charge on any atom is -0.389 e. The van der Waals surface area contributed by atoms with Crippen LogP contribution in [0.4, 0.5) is 0 Å². The standard InChI is InChI=1S/C16H25ClN4O3/c1-24-12-15(22)20-5-3-16(23)2-4-19(9-13(16)10-20)6-7-21-11-14(17)8-18-21/h8,11,13,23H,2-7,9-10,12H2,1H3/t13-,16-/m1/s1. The predicted molar refractivity (Wildman–Crippen MR) is 89.8 cm³/mol. The van der Waals surface area contributed by atoms with Crippen molar-refractivity contribution in [2.24, 2.45) is 5.92 Å². The number of carbonyl (C=O) groups is 1. The quantitative estimate of drug-likeness (QED) is 0.830. The molecule has 1 aromatic rings. The number of carbonyl (C=O) groups excluding carboxylic acids is 1. The third-order valence-corrected chi connectivity index (χ3v) is 5.42. The molecule has 2 atom stereocenters. The van der Waals surface area contributed by atoms with Crippen LogP contribution in [0.1, 0.15) is 12.8 Å². The summed E-state index contributed by atoms with van der Waals surface area (Å²) in [5.41, 5.74) is -0.643. The maximum absolute atomic E-state index is 12.1. The number of aliphatic hydroxyl groups is 1. The lowest BCUT2D eigenvalue weighted by molar-refractivity contribution is -0.150. The molecule has 3 rings (SSSR count). The molecule has 2 aliphatic heterocycles. The van der Waals surface area contributed by atoms with Gasteiger partial charge in [0, 0.05) is 51.9 Å². The Morgan fingerprint density at radius 3 is 2.92 bits per heavy atom. The number of fused-ring (bicyclic) bond motifs is 1. The Morgan fingerprint density at radius 1 is 1.42 bits per heavy atom. The number of nitrogens with zero attached hydrogens (tertiary/aromatic N) is 4. The lowest BCUT2D eigenvalue weighted by Crippen LogP contribution is -2.61. The number of amides is 1. The monoisotopic (exact) mass is 356 g/mol. The molecule has 24 heavy (non-hydrogen) atoms. The zero-order valence-electron chi connectivity index (χ0n) is 14.0. The van der Waals surface area contributed by atoms with Gasteiger partial charge in [0.15, 0.2) is 0 Å². The molecule has 0 bridgehead atoms. The molecule has 0 saturated carbocycles. The van der Waals surface area contributed by atoms with Gasteiger partial charge in [-0.3, -0.25) is 9.48 Å². The fourth-order valence-electron chi connectivity index (χ4n) is 3.72. The fourth-order valence-corrected chi connectivity index (χ4v) is 3.88. The van der Waals surface area contributed by atoms with Gasteiger partial charge in [-0.1, -0.05) is 11.6 Å². The van der Waals surface area contributed by atoms with E-state index < -0.39 is 5.60 Å². The van der Waals surface area contributed by atoms with Crippen molar-refractivity contribution in [3.63, 3.8) is 0 Å². The molecule has 2 saturated heterocycles. The Hall–Kier alpha value is -1.15. The van der Waals surface area contributed by atoms with Crippen LogP contribution in [0.15, 0.2) is 12.4 Å². The van der Waals surface area contributed by atoms with Crippen molar-refractivity contribution in [3.05, 3.63) is 17.4 Å². The number of piperidine rings is 2. The first-order chi connectivity index (χ1) is 11.5. The summed E-state index contributed by atoms with van der Waals surface area (Å²) in [5, 5.41) is 15.7. The second kappa shape index (κ2) is 7.39. The highest BCUT2D eigenvalue weighted by Gasteiger charge is 2.45. The van der Waals surface area contributed by atoms with Crippen LogP contribution in [0.2, 0.25) is 5.02 Å². The van der Waals surface area contributed by atoms with E-state index in [0.717, 1.165) is 32.6 Å². The second-order valence-electron chi connectivity index (χ2n) is 6.80. The number of likely N-dealkylation sites (tertiary alicyclic amines) is 2. The third-order valence-electron chi connectivity index (χ3n) is 5.22. The zero-order chi connectivity index (χ0) is 17.2. The maximum atomic E-state index is 12.1. The van der Waals surface area contributed by atoms with Crippen LogP contribution in [0.5, 0.6) is 0 Å². The van der Waals surface area contributed by atoms with Gasteiger partial charge in [-0.15, -0.1) is 0 Å². The highest BCUT2D eigenvalue weighted by atomic mass is 35.5. The second-order valence-corrected chi connectivity index (χ2v) is 7.23. The van der Waals surface area contributed by atoms with E-state index in [9.17, 15) is 9.90 Å². The molecule has 0 radical (unpaired) electrons. The minimum atomic E-state index is -0.643. The number of hydrogen-bond acceptors (Lipinski definition) is 5. The van der Waals surface area contributed by atoms with Gasteiger partial charge in [0.1, 0.15) is 6.61 Å². The molecule has 1 amide bonds. The largest absolute Gasteiger partial charge is 0.389 e. The summed E-state index contributed by atoms with van der Waals surface area (Å²) >= 11 is 5.89. The van der Waals surface area contributed by atoms with Crippen molar-refractivity contribution in [2.75, 3.05) is 46.4 Å². The molecule has 0 unspecified atom stereocenters. The third kappa shape index (κ3) is 3.91. The highest BCUT2D eigenvalue weighted by molar-refractivity contribution is 6.30. The van der Waals surface area contributed by atoms with Crippen LogP contribution in [0, 0.1) is 5.92 Å². The predicted octanol–water partition coefficient (Wildman–Crippen LogP) is 0.468. The van der Waals surface area contributed by atoms with Crippen LogP contribution in [0.25, 0.3) is 0 Å². The lowest BCUT2D eigenvalue weighted by atomic mass is 9.75. The van der Waals surface area contributed by atoms with Gasteiger partial charge in [0.05, 0.1) is 23.4 Å². The van der Waals surface area contributed by atoms with Crippen molar-refractivity contribution in [2.45, 2.75) is 25.0 Å². The van der Waals surface area contributed by atoms with E-state index >= 15 is 0 Å². The summed E-state index contributed by atoms with van der Waals surface area (Å²) in [6.45, 7) is 4.61. The fraction of sp³-hybridized carbons (Fsp3) is 0.750. The van der Waals surface area contributed by atoms with Crippen LogP contribution in [-0.4, -0.2) is 82.6 Å². The number of rotatable bonds is 5. The number of aromatic nitrogens is 2. The molecule has 8 heteroatoms. The molecule has 1 aromatic heterocycles. The Morgan fingerprint density at radius 2 is 2.21 bits per heavy atom. The first-order valence-corrected chi connectivity index (χ1v) is 8.77. The van der Waals surface area contributed by atoms with Crippen molar-refractivity contribution in [1.29, 1.82) is 0 Å². The van der Waals surface area contributed by atoms with Gasteiger partial charge in [0.2, 0.25) is 5.91 Å². The molecular weight excluding hydrogens is 332 g/mol. The molecule has 2 fully saturated rings. The van der Waals surface area contributed by atoms with E-state index in [0.29, 0.717) is 24.5 Å². The van der Waals surface area contributed by atoms with Gasteiger partial charge in [-0.05, 0) is 12.8 Å².